The van der Waals surface area contributed by atoms with Crippen LogP contribution in [0.2, 0.25) is 0 Å². The van der Waals surface area contributed by atoms with Gasteiger partial charge in [0.05, 0.1) is 12.6 Å². The molecular formula is C19H28N2O4. The normalized spacial score (nSPS) is 24.1. The largest absolute Gasteiger partial charge is 0.488 e. The number of aliphatic hydroxyl groups is 1. The Labute approximate surface area is 148 Å². The van der Waals surface area contributed by atoms with Crippen molar-refractivity contribution >= 4 is 6.03 Å². The summed E-state index contributed by atoms with van der Waals surface area (Å²) in [5.74, 6) is 1.55. The second-order valence-electron chi connectivity index (χ2n) is 7.54. The number of hydrogen-bond acceptors (Lipinski definition) is 4. The molecule has 0 spiro atoms. The molecule has 1 aliphatic heterocycles. The molecule has 1 aromatic rings. The van der Waals surface area contributed by atoms with Gasteiger partial charge in [0, 0.05) is 18.0 Å². The highest BCUT2D eigenvalue weighted by Gasteiger charge is 2.32. The lowest BCUT2D eigenvalue weighted by molar-refractivity contribution is 0.117. The number of nitrogens with one attached hydrogen (secondary N) is 2. The standard InChI is InChI=1S/C19H28N2O4/c1-19(2)12-13-4-3-5-16(17(13)25-19)24-11-10-20-18(23)21-14-6-8-15(22)9-7-14/h3-5,14-15,22H,6-12H2,1-2H3,(H2,20,21,23). The van der Waals surface area contributed by atoms with Gasteiger partial charge in [-0.1, -0.05) is 12.1 Å². The van der Waals surface area contributed by atoms with Crippen molar-refractivity contribution in [1.29, 1.82) is 0 Å². The van der Waals surface area contributed by atoms with Crippen molar-refractivity contribution in [1.82, 2.24) is 10.6 Å². The predicted molar refractivity (Wildman–Crippen MR) is 95.1 cm³/mol. The summed E-state index contributed by atoms with van der Waals surface area (Å²) in [4.78, 5) is 11.9. The van der Waals surface area contributed by atoms with Crippen LogP contribution in [-0.2, 0) is 6.42 Å². The minimum atomic E-state index is -0.214. The van der Waals surface area contributed by atoms with Gasteiger partial charge < -0.3 is 25.2 Å². The Balaban J connectivity index is 1.39. The third kappa shape index (κ3) is 4.78. The maximum absolute atomic E-state index is 11.9. The van der Waals surface area contributed by atoms with Gasteiger partial charge >= 0.3 is 6.03 Å². The number of hydrogen-bond donors (Lipinski definition) is 3. The zero-order valence-electron chi connectivity index (χ0n) is 15.0. The molecule has 0 atom stereocenters. The highest BCUT2D eigenvalue weighted by atomic mass is 16.5. The molecule has 0 saturated heterocycles. The molecule has 6 heteroatoms. The van der Waals surface area contributed by atoms with E-state index in [2.05, 4.69) is 30.5 Å². The molecular weight excluding hydrogens is 320 g/mol. The number of para-hydroxylation sites is 1. The molecule has 1 aliphatic carbocycles. The summed E-state index contributed by atoms with van der Waals surface area (Å²) in [6, 6.07) is 5.89. The van der Waals surface area contributed by atoms with E-state index in [0.717, 1.165) is 49.2 Å². The summed E-state index contributed by atoms with van der Waals surface area (Å²) >= 11 is 0. The van der Waals surface area contributed by atoms with Crippen molar-refractivity contribution in [2.24, 2.45) is 0 Å². The lowest BCUT2D eigenvalue weighted by Crippen LogP contribution is -2.45. The number of fused-ring (bicyclic) bond motifs is 1. The van der Waals surface area contributed by atoms with Crippen LogP contribution in [0, 0.1) is 0 Å². The van der Waals surface area contributed by atoms with E-state index in [1.807, 2.05) is 12.1 Å². The van der Waals surface area contributed by atoms with Crippen LogP contribution in [0.3, 0.4) is 0 Å². The van der Waals surface area contributed by atoms with Crippen LogP contribution in [0.5, 0.6) is 11.5 Å². The van der Waals surface area contributed by atoms with Gasteiger partial charge in [-0.25, -0.2) is 4.79 Å². The van der Waals surface area contributed by atoms with Crippen molar-refractivity contribution < 1.29 is 19.4 Å². The molecule has 2 amide bonds. The summed E-state index contributed by atoms with van der Waals surface area (Å²) < 4.78 is 11.8. The fourth-order valence-electron chi connectivity index (χ4n) is 3.48. The third-order valence-corrected chi connectivity index (χ3v) is 4.73. The second kappa shape index (κ2) is 7.52. The van der Waals surface area contributed by atoms with Gasteiger partial charge in [-0.2, -0.15) is 0 Å². The van der Waals surface area contributed by atoms with E-state index in [9.17, 15) is 9.90 Å². The van der Waals surface area contributed by atoms with Crippen LogP contribution < -0.4 is 20.1 Å². The Morgan fingerprint density at radius 1 is 1.32 bits per heavy atom. The number of rotatable bonds is 5. The number of amides is 2. The first kappa shape index (κ1) is 17.9. The van der Waals surface area contributed by atoms with Gasteiger partial charge in [0.25, 0.3) is 0 Å². The lowest BCUT2D eigenvalue weighted by Gasteiger charge is -2.26. The maximum atomic E-state index is 11.9. The molecule has 2 aliphatic rings. The fourth-order valence-corrected chi connectivity index (χ4v) is 3.48. The maximum Gasteiger partial charge on any atom is 0.315 e. The third-order valence-electron chi connectivity index (χ3n) is 4.73. The number of ether oxygens (including phenoxy) is 2. The molecule has 3 rings (SSSR count). The predicted octanol–water partition coefficient (Wildman–Crippen LogP) is 2.38. The number of carbonyl (C=O) groups is 1. The van der Waals surface area contributed by atoms with Gasteiger partial charge in [0.15, 0.2) is 11.5 Å². The van der Waals surface area contributed by atoms with Crippen LogP contribution in [0.15, 0.2) is 18.2 Å². The van der Waals surface area contributed by atoms with Crippen molar-refractivity contribution in [3.05, 3.63) is 23.8 Å². The van der Waals surface area contributed by atoms with Crippen LogP contribution in [0.4, 0.5) is 4.79 Å². The minimum Gasteiger partial charge on any atom is -0.488 e. The zero-order chi connectivity index (χ0) is 17.9. The van der Waals surface area contributed by atoms with E-state index in [1.165, 1.54) is 0 Å². The topological polar surface area (TPSA) is 79.8 Å². The molecule has 1 fully saturated rings. The van der Waals surface area contributed by atoms with Crippen LogP contribution in [0.25, 0.3) is 0 Å². The van der Waals surface area contributed by atoms with E-state index >= 15 is 0 Å². The van der Waals surface area contributed by atoms with Gasteiger partial charge in [-0.05, 0) is 45.6 Å². The smallest absolute Gasteiger partial charge is 0.315 e. The van der Waals surface area contributed by atoms with Crippen LogP contribution in [-0.4, -0.2) is 42.0 Å². The molecule has 25 heavy (non-hydrogen) atoms. The highest BCUT2D eigenvalue weighted by molar-refractivity contribution is 5.74. The molecule has 0 radical (unpaired) electrons. The summed E-state index contributed by atoms with van der Waals surface area (Å²) in [6.45, 7) is 4.94. The van der Waals surface area contributed by atoms with E-state index in [0.29, 0.717) is 13.2 Å². The average Bonchev–Trinajstić information content (AvgIpc) is 2.88. The van der Waals surface area contributed by atoms with E-state index < -0.39 is 0 Å². The Kier molecular flexibility index (Phi) is 5.37. The van der Waals surface area contributed by atoms with E-state index in [4.69, 9.17) is 9.47 Å². The molecule has 1 aromatic carbocycles. The molecule has 0 bridgehead atoms. The van der Waals surface area contributed by atoms with Crippen LogP contribution in [0.1, 0.15) is 45.1 Å². The SMILES string of the molecule is CC1(C)Cc2cccc(OCCNC(=O)NC3CCC(O)CC3)c2O1. The summed E-state index contributed by atoms with van der Waals surface area (Å²) in [7, 11) is 0. The van der Waals surface area contributed by atoms with E-state index in [-0.39, 0.29) is 23.8 Å². The highest BCUT2D eigenvalue weighted by Crippen LogP contribution is 2.41. The van der Waals surface area contributed by atoms with E-state index in [1.54, 1.807) is 0 Å². The molecule has 0 unspecified atom stereocenters. The monoisotopic (exact) mass is 348 g/mol. The van der Waals surface area contributed by atoms with Crippen molar-refractivity contribution in [2.75, 3.05) is 13.2 Å². The molecule has 6 nitrogen and oxygen atoms in total. The first-order chi connectivity index (χ1) is 11.9. The summed E-state index contributed by atoms with van der Waals surface area (Å²) in [6.07, 6.45) is 3.82. The Hall–Kier alpha value is -1.95. The van der Waals surface area contributed by atoms with Crippen molar-refractivity contribution in [3.8, 4) is 11.5 Å². The first-order valence-electron chi connectivity index (χ1n) is 9.09. The minimum absolute atomic E-state index is 0.150. The number of benzene rings is 1. The van der Waals surface area contributed by atoms with Gasteiger partial charge in [-0.15, -0.1) is 0 Å². The van der Waals surface area contributed by atoms with Gasteiger partial charge in [0.2, 0.25) is 0 Å². The number of carbonyl (C=O) groups excluding carboxylic acids is 1. The first-order valence-corrected chi connectivity index (χ1v) is 9.09. The summed E-state index contributed by atoms with van der Waals surface area (Å²) in [5.41, 5.74) is 0.959. The lowest BCUT2D eigenvalue weighted by atomic mass is 9.93. The number of urea groups is 1. The summed E-state index contributed by atoms with van der Waals surface area (Å²) in [5, 5.41) is 15.3. The fraction of sp³-hybridized carbons (Fsp3) is 0.632. The number of aliphatic hydroxyl groups excluding tert-OH is 1. The van der Waals surface area contributed by atoms with Gasteiger partial charge in [0.1, 0.15) is 12.2 Å². The Morgan fingerprint density at radius 3 is 2.84 bits per heavy atom. The molecule has 1 heterocycles. The zero-order valence-corrected chi connectivity index (χ0v) is 15.0. The van der Waals surface area contributed by atoms with Gasteiger partial charge in [-0.3, -0.25) is 0 Å². The quantitative estimate of drug-likeness (QED) is 0.714. The van der Waals surface area contributed by atoms with Crippen molar-refractivity contribution in [2.45, 2.75) is 63.7 Å². The van der Waals surface area contributed by atoms with Crippen molar-refractivity contribution in [3.63, 3.8) is 0 Å². The Bertz CT molecular complexity index is 609. The molecule has 1 saturated carbocycles. The molecule has 138 valence electrons. The average molecular weight is 348 g/mol. The van der Waals surface area contributed by atoms with Crippen LogP contribution >= 0.6 is 0 Å². The molecule has 0 aromatic heterocycles. The second-order valence-corrected chi connectivity index (χ2v) is 7.54. The Morgan fingerprint density at radius 2 is 2.08 bits per heavy atom. The molecule has 3 N–H and O–H groups in total.